The van der Waals surface area contributed by atoms with Crippen molar-refractivity contribution in [3.05, 3.63) is 66.2 Å². The third-order valence-electron chi connectivity index (χ3n) is 6.16. The van der Waals surface area contributed by atoms with Gasteiger partial charge in [0.1, 0.15) is 17.6 Å². The molecular formula is C27H32N4O2. The molecule has 6 heteroatoms. The predicted octanol–water partition coefficient (Wildman–Crippen LogP) is 4.08. The summed E-state index contributed by atoms with van der Waals surface area (Å²) in [6.45, 7) is 4.29. The van der Waals surface area contributed by atoms with Gasteiger partial charge >= 0.3 is 0 Å². The number of nitrogens with one attached hydrogen (secondary N) is 1. The summed E-state index contributed by atoms with van der Waals surface area (Å²) >= 11 is 0. The Morgan fingerprint density at radius 1 is 1.12 bits per heavy atom. The number of amides is 1. The summed E-state index contributed by atoms with van der Waals surface area (Å²) < 4.78 is 0. The smallest absolute Gasteiger partial charge is 0.242 e. The zero-order valence-electron chi connectivity index (χ0n) is 19.6. The molecule has 1 aliphatic rings. The number of phenols is 1. The Labute approximate surface area is 195 Å². The molecule has 33 heavy (non-hydrogen) atoms. The second-order valence-corrected chi connectivity index (χ2v) is 8.88. The van der Waals surface area contributed by atoms with Gasteiger partial charge < -0.3 is 20.2 Å². The molecule has 6 nitrogen and oxygen atoms in total. The first-order chi connectivity index (χ1) is 15.9. The van der Waals surface area contributed by atoms with Crippen LogP contribution in [0.25, 0.3) is 22.4 Å². The molecule has 2 N–H and O–H groups in total. The highest BCUT2D eigenvalue weighted by atomic mass is 16.3. The number of aryl methyl sites for hydroxylation is 1. The predicted molar refractivity (Wildman–Crippen MR) is 133 cm³/mol. The Kier molecular flexibility index (Phi) is 6.94. The number of hydrogen-bond acceptors (Lipinski definition) is 5. The third kappa shape index (κ3) is 5.17. The van der Waals surface area contributed by atoms with E-state index in [1.54, 1.807) is 12.1 Å². The number of anilines is 1. The minimum Gasteiger partial charge on any atom is -0.507 e. The number of aromatic hydroxyl groups is 1. The molecule has 1 aromatic heterocycles. The Bertz CT molecular complexity index is 1060. The van der Waals surface area contributed by atoms with Gasteiger partial charge in [-0.1, -0.05) is 36.4 Å². The van der Waals surface area contributed by atoms with Crippen molar-refractivity contribution in [2.45, 2.75) is 25.8 Å². The SMILES string of the molecule is Cc1ccccc1-c1cc(-c2ccccc2O)nc(N2CCC[C@H]2C(=O)NCCN(C)C)c1. The Morgan fingerprint density at radius 2 is 1.85 bits per heavy atom. The number of pyridine rings is 1. The number of nitrogens with zero attached hydrogens (tertiary/aromatic N) is 3. The third-order valence-corrected chi connectivity index (χ3v) is 6.16. The fraction of sp³-hybridized carbons (Fsp3) is 0.333. The molecule has 2 heterocycles. The number of para-hydroxylation sites is 1. The van der Waals surface area contributed by atoms with Crippen LogP contribution < -0.4 is 10.2 Å². The van der Waals surface area contributed by atoms with Crippen LogP contribution in [0.5, 0.6) is 5.75 Å². The van der Waals surface area contributed by atoms with Crippen LogP contribution in [-0.2, 0) is 4.79 Å². The summed E-state index contributed by atoms with van der Waals surface area (Å²) in [7, 11) is 3.99. The lowest BCUT2D eigenvalue weighted by molar-refractivity contribution is -0.122. The highest BCUT2D eigenvalue weighted by Gasteiger charge is 2.32. The molecular weight excluding hydrogens is 412 g/mol. The zero-order chi connectivity index (χ0) is 23.4. The maximum atomic E-state index is 13.0. The largest absolute Gasteiger partial charge is 0.507 e. The van der Waals surface area contributed by atoms with Crippen molar-refractivity contribution in [2.24, 2.45) is 0 Å². The van der Waals surface area contributed by atoms with Gasteiger partial charge in [0.2, 0.25) is 5.91 Å². The van der Waals surface area contributed by atoms with E-state index in [9.17, 15) is 9.90 Å². The van der Waals surface area contributed by atoms with Crippen LogP contribution in [0.4, 0.5) is 5.82 Å². The zero-order valence-corrected chi connectivity index (χ0v) is 19.6. The number of benzene rings is 2. The van der Waals surface area contributed by atoms with Crippen molar-refractivity contribution in [1.82, 2.24) is 15.2 Å². The van der Waals surface area contributed by atoms with Crippen molar-refractivity contribution in [2.75, 3.05) is 38.6 Å². The number of carbonyl (C=O) groups excluding carboxylic acids is 1. The van der Waals surface area contributed by atoms with Crippen LogP contribution in [0.3, 0.4) is 0 Å². The lowest BCUT2D eigenvalue weighted by Crippen LogP contribution is -2.45. The fourth-order valence-corrected chi connectivity index (χ4v) is 4.38. The Hall–Kier alpha value is -3.38. The van der Waals surface area contributed by atoms with E-state index in [4.69, 9.17) is 4.98 Å². The van der Waals surface area contributed by atoms with E-state index in [1.807, 2.05) is 44.4 Å². The summed E-state index contributed by atoms with van der Waals surface area (Å²) in [4.78, 5) is 22.1. The molecule has 1 fully saturated rings. The molecule has 1 amide bonds. The first-order valence-electron chi connectivity index (χ1n) is 11.5. The molecule has 0 radical (unpaired) electrons. The van der Waals surface area contributed by atoms with Crippen LogP contribution in [0.1, 0.15) is 18.4 Å². The molecule has 2 aromatic carbocycles. The van der Waals surface area contributed by atoms with E-state index < -0.39 is 0 Å². The monoisotopic (exact) mass is 444 g/mol. The summed E-state index contributed by atoms with van der Waals surface area (Å²) in [6.07, 6.45) is 1.74. The number of phenolic OH excluding ortho intramolecular Hbond substituents is 1. The second kappa shape index (κ2) is 10.0. The van der Waals surface area contributed by atoms with Crippen molar-refractivity contribution in [3.63, 3.8) is 0 Å². The molecule has 4 rings (SSSR count). The van der Waals surface area contributed by atoms with E-state index in [1.165, 1.54) is 0 Å². The molecule has 0 bridgehead atoms. The molecule has 0 saturated carbocycles. The van der Waals surface area contributed by atoms with Crippen molar-refractivity contribution < 1.29 is 9.90 Å². The number of likely N-dealkylation sites (N-methyl/N-ethyl adjacent to an activating group) is 1. The number of carbonyl (C=O) groups is 1. The summed E-state index contributed by atoms with van der Waals surface area (Å²) in [5, 5.41) is 13.6. The first-order valence-corrected chi connectivity index (χ1v) is 11.5. The standard InChI is InChI=1S/C27H32N4O2/c1-19-9-4-5-10-21(19)20-17-23(22-11-6-7-13-25(22)32)29-26(18-20)31-15-8-12-24(31)27(33)28-14-16-30(2)3/h4-7,9-11,13,17-18,24,32H,8,12,14-16H2,1-3H3,(H,28,33)/t24-/m0/s1. The van der Waals surface area contributed by atoms with Gasteiger partial charge in [0, 0.05) is 25.2 Å². The summed E-state index contributed by atoms with van der Waals surface area (Å²) in [6, 6.07) is 19.3. The average Bonchev–Trinajstić information content (AvgIpc) is 3.29. The molecule has 1 aliphatic heterocycles. The van der Waals surface area contributed by atoms with Gasteiger partial charge in [-0.3, -0.25) is 4.79 Å². The fourth-order valence-electron chi connectivity index (χ4n) is 4.38. The van der Waals surface area contributed by atoms with Gasteiger partial charge in [0.15, 0.2) is 0 Å². The maximum Gasteiger partial charge on any atom is 0.242 e. The van der Waals surface area contributed by atoms with E-state index in [2.05, 4.69) is 40.2 Å². The van der Waals surface area contributed by atoms with Gasteiger partial charge in [-0.05, 0) is 74.8 Å². The molecule has 0 aliphatic carbocycles. The van der Waals surface area contributed by atoms with Gasteiger partial charge in [0.05, 0.1) is 5.69 Å². The minimum absolute atomic E-state index is 0.0431. The Balaban J connectivity index is 1.73. The molecule has 0 unspecified atom stereocenters. The molecule has 1 atom stereocenters. The quantitative estimate of drug-likeness (QED) is 0.575. The Morgan fingerprint density at radius 3 is 2.58 bits per heavy atom. The highest BCUT2D eigenvalue weighted by Crippen LogP contribution is 2.36. The van der Waals surface area contributed by atoms with E-state index in [0.29, 0.717) is 17.8 Å². The first kappa shape index (κ1) is 22.8. The van der Waals surface area contributed by atoms with Crippen molar-refractivity contribution in [1.29, 1.82) is 0 Å². The van der Waals surface area contributed by atoms with Gasteiger partial charge in [-0.2, -0.15) is 0 Å². The van der Waals surface area contributed by atoms with Crippen LogP contribution in [0.2, 0.25) is 0 Å². The number of rotatable bonds is 7. The van der Waals surface area contributed by atoms with Crippen LogP contribution >= 0.6 is 0 Å². The lowest BCUT2D eigenvalue weighted by atomic mass is 9.99. The van der Waals surface area contributed by atoms with E-state index in [0.717, 1.165) is 48.4 Å². The van der Waals surface area contributed by atoms with Crippen LogP contribution in [-0.4, -0.2) is 60.7 Å². The molecule has 1 saturated heterocycles. The van der Waals surface area contributed by atoms with E-state index in [-0.39, 0.29) is 17.7 Å². The number of hydrogen-bond donors (Lipinski definition) is 2. The van der Waals surface area contributed by atoms with Crippen molar-refractivity contribution in [3.8, 4) is 28.1 Å². The maximum absolute atomic E-state index is 13.0. The normalized spacial score (nSPS) is 15.8. The number of aromatic nitrogens is 1. The van der Waals surface area contributed by atoms with Crippen LogP contribution in [0, 0.1) is 6.92 Å². The second-order valence-electron chi connectivity index (χ2n) is 8.88. The molecule has 3 aromatic rings. The topological polar surface area (TPSA) is 68.7 Å². The van der Waals surface area contributed by atoms with E-state index >= 15 is 0 Å². The summed E-state index contributed by atoms with van der Waals surface area (Å²) in [5.41, 5.74) is 4.68. The lowest BCUT2D eigenvalue weighted by Gasteiger charge is -2.26. The highest BCUT2D eigenvalue weighted by molar-refractivity contribution is 5.86. The minimum atomic E-state index is -0.246. The average molecular weight is 445 g/mol. The summed E-state index contributed by atoms with van der Waals surface area (Å²) in [5.74, 6) is 0.998. The van der Waals surface area contributed by atoms with Gasteiger partial charge in [-0.25, -0.2) is 4.98 Å². The van der Waals surface area contributed by atoms with Crippen molar-refractivity contribution >= 4 is 11.7 Å². The van der Waals surface area contributed by atoms with Gasteiger partial charge in [0.25, 0.3) is 0 Å². The molecule has 0 spiro atoms. The van der Waals surface area contributed by atoms with Gasteiger partial charge in [-0.15, -0.1) is 0 Å². The van der Waals surface area contributed by atoms with Crippen LogP contribution in [0.15, 0.2) is 60.7 Å². The molecule has 172 valence electrons.